The van der Waals surface area contributed by atoms with Crippen molar-refractivity contribution in [2.24, 2.45) is 11.8 Å². The fourth-order valence-corrected chi connectivity index (χ4v) is 3.50. The number of para-hydroxylation sites is 1. The summed E-state index contributed by atoms with van der Waals surface area (Å²) in [4.78, 5) is 49.0. The molecule has 0 unspecified atom stereocenters. The first-order chi connectivity index (χ1) is 11.5. The molecule has 2 aliphatic rings. The minimum absolute atomic E-state index is 0.0430. The van der Waals surface area contributed by atoms with Crippen molar-refractivity contribution in [3.8, 4) is 0 Å². The smallest absolute Gasteiger partial charge is 0.337 e. The fourth-order valence-electron chi connectivity index (χ4n) is 3.50. The van der Waals surface area contributed by atoms with Crippen molar-refractivity contribution in [3.05, 3.63) is 29.8 Å². The summed E-state index contributed by atoms with van der Waals surface area (Å²) in [6, 6.07) is 5.99. The van der Waals surface area contributed by atoms with Crippen LogP contribution in [-0.4, -0.2) is 40.2 Å². The number of amides is 3. The number of hydrogen-bond acceptors (Lipinski definition) is 4. The number of nitrogens with zero attached hydrogens (tertiary/aromatic N) is 1. The van der Waals surface area contributed by atoms with E-state index in [1.807, 2.05) is 0 Å². The van der Waals surface area contributed by atoms with Crippen molar-refractivity contribution in [3.63, 3.8) is 0 Å². The van der Waals surface area contributed by atoms with Crippen LogP contribution in [0.25, 0.3) is 0 Å². The van der Waals surface area contributed by atoms with Gasteiger partial charge in [0.1, 0.15) is 6.54 Å². The summed E-state index contributed by atoms with van der Waals surface area (Å²) in [5.41, 5.74) is 0.102. The van der Waals surface area contributed by atoms with Gasteiger partial charge in [0.2, 0.25) is 17.7 Å². The molecule has 7 nitrogen and oxygen atoms in total. The van der Waals surface area contributed by atoms with E-state index < -0.39 is 11.9 Å². The van der Waals surface area contributed by atoms with E-state index in [4.69, 9.17) is 5.11 Å². The highest BCUT2D eigenvalue weighted by Crippen LogP contribution is 2.37. The van der Waals surface area contributed by atoms with Crippen molar-refractivity contribution in [2.45, 2.75) is 25.7 Å². The van der Waals surface area contributed by atoms with E-state index in [9.17, 15) is 19.2 Å². The van der Waals surface area contributed by atoms with Crippen LogP contribution in [-0.2, 0) is 14.4 Å². The van der Waals surface area contributed by atoms with E-state index in [0.29, 0.717) is 12.8 Å². The second-order valence-electron chi connectivity index (χ2n) is 6.16. The number of nitrogens with one attached hydrogen (secondary N) is 1. The number of imide groups is 1. The van der Waals surface area contributed by atoms with Gasteiger partial charge in [0.15, 0.2) is 0 Å². The second kappa shape index (κ2) is 6.43. The summed E-state index contributed by atoms with van der Waals surface area (Å²) in [5, 5.41) is 11.6. The van der Waals surface area contributed by atoms with Crippen LogP contribution in [0.5, 0.6) is 0 Å². The Kier molecular flexibility index (Phi) is 4.33. The lowest BCUT2D eigenvalue weighted by Gasteiger charge is -2.19. The average molecular weight is 330 g/mol. The predicted octanol–water partition coefficient (Wildman–Crippen LogP) is 1.50. The molecule has 2 atom stereocenters. The number of fused-ring (bicyclic) bond motifs is 1. The maximum Gasteiger partial charge on any atom is 0.337 e. The summed E-state index contributed by atoms with van der Waals surface area (Å²) in [6.45, 7) is -0.376. The summed E-state index contributed by atoms with van der Waals surface area (Å²) in [6.07, 6.45) is 3.23. The molecule has 0 aromatic heterocycles. The lowest BCUT2D eigenvalue weighted by molar-refractivity contribution is -0.142. The number of rotatable bonds is 4. The van der Waals surface area contributed by atoms with E-state index >= 15 is 0 Å². The monoisotopic (exact) mass is 330 g/mol. The highest BCUT2D eigenvalue weighted by atomic mass is 16.4. The Balaban J connectivity index is 1.70. The van der Waals surface area contributed by atoms with Crippen LogP contribution in [0.3, 0.4) is 0 Å². The fraction of sp³-hybridized carbons (Fsp3) is 0.412. The van der Waals surface area contributed by atoms with Gasteiger partial charge in [-0.25, -0.2) is 4.79 Å². The molecule has 1 saturated carbocycles. The molecule has 2 N–H and O–H groups in total. The van der Waals surface area contributed by atoms with Crippen LogP contribution in [0, 0.1) is 11.8 Å². The Morgan fingerprint density at radius 2 is 1.67 bits per heavy atom. The minimum atomic E-state index is -1.16. The number of benzene rings is 1. The summed E-state index contributed by atoms with van der Waals surface area (Å²) in [5.74, 6) is -2.91. The van der Waals surface area contributed by atoms with Crippen LogP contribution in [0.15, 0.2) is 24.3 Å². The molecule has 1 heterocycles. The van der Waals surface area contributed by atoms with Gasteiger partial charge in [0.05, 0.1) is 23.1 Å². The normalized spacial score (nSPS) is 23.1. The minimum Gasteiger partial charge on any atom is -0.478 e. The first-order valence-electron chi connectivity index (χ1n) is 7.96. The second-order valence-corrected chi connectivity index (χ2v) is 6.16. The van der Waals surface area contributed by atoms with Gasteiger partial charge >= 0.3 is 5.97 Å². The van der Waals surface area contributed by atoms with Crippen LogP contribution < -0.4 is 5.32 Å². The van der Waals surface area contributed by atoms with Crippen molar-refractivity contribution in [1.82, 2.24) is 4.90 Å². The van der Waals surface area contributed by atoms with Gasteiger partial charge in [-0.1, -0.05) is 25.0 Å². The maximum atomic E-state index is 12.3. The molecule has 1 saturated heterocycles. The molecule has 3 amide bonds. The number of carboxylic acid groups (broad SMARTS) is 1. The van der Waals surface area contributed by atoms with E-state index in [2.05, 4.69) is 5.32 Å². The van der Waals surface area contributed by atoms with Gasteiger partial charge in [0.25, 0.3) is 0 Å². The average Bonchev–Trinajstić information content (AvgIpc) is 2.80. The molecule has 0 bridgehead atoms. The molecule has 0 spiro atoms. The zero-order valence-electron chi connectivity index (χ0n) is 13.0. The van der Waals surface area contributed by atoms with Crippen molar-refractivity contribution in [1.29, 1.82) is 0 Å². The number of carboxylic acids is 1. The van der Waals surface area contributed by atoms with Gasteiger partial charge in [-0.2, -0.15) is 0 Å². The first kappa shape index (κ1) is 16.2. The van der Waals surface area contributed by atoms with Gasteiger partial charge in [-0.05, 0) is 25.0 Å². The third-order valence-electron chi connectivity index (χ3n) is 4.67. The van der Waals surface area contributed by atoms with Gasteiger partial charge in [-0.15, -0.1) is 0 Å². The Bertz CT molecular complexity index is 691. The summed E-state index contributed by atoms with van der Waals surface area (Å²) in [7, 11) is 0. The van der Waals surface area contributed by atoms with E-state index in [1.165, 1.54) is 12.1 Å². The molecular formula is C17H18N2O5. The Morgan fingerprint density at radius 3 is 2.25 bits per heavy atom. The molecule has 1 aromatic rings. The van der Waals surface area contributed by atoms with Crippen LogP contribution in [0.2, 0.25) is 0 Å². The molecule has 7 heteroatoms. The zero-order valence-corrected chi connectivity index (χ0v) is 13.0. The van der Waals surface area contributed by atoms with E-state index in [0.717, 1.165) is 17.7 Å². The quantitative estimate of drug-likeness (QED) is 0.814. The van der Waals surface area contributed by atoms with Crippen LogP contribution in [0.4, 0.5) is 5.69 Å². The first-order valence-corrected chi connectivity index (χ1v) is 7.96. The van der Waals surface area contributed by atoms with Crippen molar-refractivity contribution in [2.75, 3.05) is 11.9 Å². The number of anilines is 1. The predicted molar refractivity (Wildman–Crippen MR) is 84.2 cm³/mol. The van der Waals surface area contributed by atoms with Gasteiger partial charge < -0.3 is 10.4 Å². The highest BCUT2D eigenvalue weighted by molar-refractivity contribution is 6.09. The molecule has 0 radical (unpaired) electrons. The third-order valence-corrected chi connectivity index (χ3v) is 4.67. The van der Waals surface area contributed by atoms with Crippen LogP contribution in [0.1, 0.15) is 36.0 Å². The number of hydrogen-bond donors (Lipinski definition) is 2. The highest BCUT2D eigenvalue weighted by Gasteiger charge is 2.48. The third kappa shape index (κ3) is 2.89. The van der Waals surface area contributed by atoms with E-state index in [1.54, 1.807) is 12.1 Å². The standard InChI is InChI=1S/C17H18N2O5/c20-14(18-13-8-4-3-7-12(13)17(23)24)9-19-15(21)10-5-1-2-6-11(10)16(19)22/h3-4,7-8,10-11H,1-2,5-6,9H2,(H,18,20)(H,23,24)/t10-,11+. The maximum absolute atomic E-state index is 12.3. The molecular weight excluding hydrogens is 312 g/mol. The Hall–Kier alpha value is -2.70. The SMILES string of the molecule is O=C(CN1C(=O)[C@H]2CCCC[C@H]2C1=O)Nc1ccccc1C(=O)O. The molecule has 3 rings (SSSR count). The lowest BCUT2D eigenvalue weighted by Crippen LogP contribution is -2.38. The number of likely N-dealkylation sites (tertiary alicyclic amines) is 1. The molecule has 126 valence electrons. The van der Waals surface area contributed by atoms with Gasteiger partial charge in [0, 0.05) is 0 Å². The zero-order chi connectivity index (χ0) is 17.3. The van der Waals surface area contributed by atoms with Crippen LogP contribution >= 0.6 is 0 Å². The lowest BCUT2D eigenvalue weighted by atomic mass is 9.81. The number of carbonyl (C=O) groups is 4. The molecule has 24 heavy (non-hydrogen) atoms. The number of carbonyl (C=O) groups excluding carboxylic acids is 3. The molecule has 1 aromatic carbocycles. The van der Waals surface area contributed by atoms with Crippen molar-refractivity contribution >= 4 is 29.4 Å². The topological polar surface area (TPSA) is 104 Å². The Labute approximate surface area is 138 Å². The van der Waals surface area contributed by atoms with Crippen molar-refractivity contribution < 1.29 is 24.3 Å². The number of aromatic carboxylic acids is 1. The molecule has 1 aliphatic carbocycles. The molecule has 1 aliphatic heterocycles. The van der Waals surface area contributed by atoms with Gasteiger partial charge in [-0.3, -0.25) is 19.3 Å². The largest absolute Gasteiger partial charge is 0.478 e. The summed E-state index contributed by atoms with van der Waals surface area (Å²) < 4.78 is 0. The Morgan fingerprint density at radius 1 is 1.08 bits per heavy atom. The van der Waals surface area contributed by atoms with E-state index in [-0.39, 0.29) is 41.4 Å². The molecule has 2 fully saturated rings. The summed E-state index contributed by atoms with van der Waals surface area (Å²) >= 11 is 0.